The summed E-state index contributed by atoms with van der Waals surface area (Å²) in [6.45, 7) is 0. The number of hydrogen-bond donors (Lipinski definition) is 0. The summed E-state index contributed by atoms with van der Waals surface area (Å²) in [4.78, 5) is 30.6. The van der Waals surface area contributed by atoms with Gasteiger partial charge in [-0.25, -0.2) is 29.9 Å². The fourth-order valence-corrected chi connectivity index (χ4v) is 9.41. The van der Waals surface area contributed by atoms with Crippen molar-refractivity contribution < 1.29 is 4.42 Å². The molecule has 0 unspecified atom stereocenters. The van der Waals surface area contributed by atoms with Crippen molar-refractivity contribution in [1.82, 2.24) is 29.9 Å². The summed E-state index contributed by atoms with van der Waals surface area (Å²) in [7, 11) is 0. The van der Waals surface area contributed by atoms with Crippen LogP contribution in [-0.4, -0.2) is 29.9 Å². The minimum Gasteiger partial charge on any atom is -0.456 e. The molecule has 0 saturated heterocycles. The molecular formula is C62H38N6O. The lowest BCUT2D eigenvalue weighted by Crippen LogP contribution is -2.01. The van der Waals surface area contributed by atoms with Crippen LogP contribution in [0.15, 0.2) is 235 Å². The second kappa shape index (κ2) is 16.8. The van der Waals surface area contributed by atoms with E-state index in [1.54, 1.807) is 0 Å². The highest BCUT2D eigenvalue weighted by Gasteiger charge is 2.21. The molecule has 7 heteroatoms. The van der Waals surface area contributed by atoms with E-state index in [0.717, 1.165) is 99.1 Å². The molecule has 0 saturated carbocycles. The monoisotopic (exact) mass is 882 g/mol. The minimum atomic E-state index is 0.579. The van der Waals surface area contributed by atoms with Crippen molar-refractivity contribution in [3.8, 4) is 90.6 Å². The third-order valence-electron chi connectivity index (χ3n) is 12.8. The van der Waals surface area contributed by atoms with Crippen LogP contribution in [0.25, 0.3) is 134 Å². The first-order valence-electron chi connectivity index (χ1n) is 22.9. The number of fused-ring (bicyclic) bond motifs is 5. The van der Waals surface area contributed by atoms with E-state index >= 15 is 0 Å². The number of furan rings is 1. The number of nitrogens with zero attached hydrogens (tertiary/aromatic N) is 6. The molecule has 0 radical (unpaired) electrons. The zero-order valence-electron chi connectivity index (χ0n) is 37.0. The third-order valence-corrected chi connectivity index (χ3v) is 12.8. The van der Waals surface area contributed by atoms with E-state index in [4.69, 9.17) is 34.3 Å². The van der Waals surface area contributed by atoms with Gasteiger partial charge in [-0.3, -0.25) is 0 Å². The lowest BCUT2D eigenvalue weighted by atomic mass is 9.89. The number of rotatable bonds is 8. The summed E-state index contributed by atoms with van der Waals surface area (Å²) in [5.41, 5.74) is 11.2. The van der Waals surface area contributed by atoms with Crippen LogP contribution in [-0.2, 0) is 0 Å². The van der Waals surface area contributed by atoms with E-state index in [1.165, 1.54) is 0 Å². The Balaban J connectivity index is 0.968. The average molecular weight is 883 g/mol. The Bertz CT molecular complexity index is 4010. The first-order valence-corrected chi connectivity index (χ1v) is 22.9. The van der Waals surface area contributed by atoms with E-state index in [-0.39, 0.29) is 0 Å². The van der Waals surface area contributed by atoms with Gasteiger partial charge in [0.05, 0.1) is 0 Å². The Morgan fingerprint density at radius 2 is 0.725 bits per heavy atom. The molecule has 3 heterocycles. The SMILES string of the molecule is c1ccc(-c2nc(-c3ccccc3)nc(-c3ccc(-c4ccc5oc6ccccc6c5c4-c4cccc(-c5nc(-c6ccc7ccccc7c6)nc(-c6cccc7ccccc67)n5)c4)cc3)n2)cc1. The minimum absolute atomic E-state index is 0.579. The van der Waals surface area contributed by atoms with Crippen LogP contribution in [0, 0.1) is 0 Å². The second-order valence-corrected chi connectivity index (χ2v) is 17.1. The number of aromatic nitrogens is 6. The summed E-state index contributed by atoms with van der Waals surface area (Å²) < 4.78 is 6.53. The Hall–Kier alpha value is -9.46. The Morgan fingerprint density at radius 1 is 0.246 bits per heavy atom. The van der Waals surface area contributed by atoms with Gasteiger partial charge in [0.1, 0.15) is 11.2 Å². The van der Waals surface area contributed by atoms with Crippen LogP contribution in [0.5, 0.6) is 0 Å². The maximum atomic E-state index is 6.53. The average Bonchev–Trinajstić information content (AvgIpc) is 3.82. The Labute approximate surface area is 397 Å². The van der Waals surface area contributed by atoms with Gasteiger partial charge in [0, 0.05) is 49.7 Å². The highest BCUT2D eigenvalue weighted by molar-refractivity contribution is 6.16. The van der Waals surface area contributed by atoms with Crippen LogP contribution in [0.2, 0.25) is 0 Å². The smallest absolute Gasteiger partial charge is 0.164 e. The summed E-state index contributed by atoms with van der Waals surface area (Å²) in [6, 6.07) is 79.0. The maximum Gasteiger partial charge on any atom is 0.164 e. The zero-order chi connectivity index (χ0) is 45.7. The van der Waals surface area contributed by atoms with Gasteiger partial charge in [-0.1, -0.05) is 206 Å². The molecule has 0 amide bonds. The molecule has 3 aromatic heterocycles. The van der Waals surface area contributed by atoms with Gasteiger partial charge < -0.3 is 4.42 Å². The van der Waals surface area contributed by atoms with Crippen LogP contribution < -0.4 is 0 Å². The molecule has 10 aromatic carbocycles. The van der Waals surface area contributed by atoms with Gasteiger partial charge in [-0.2, -0.15) is 0 Å². The van der Waals surface area contributed by atoms with Crippen LogP contribution in [0.3, 0.4) is 0 Å². The summed E-state index contributed by atoms with van der Waals surface area (Å²) in [6.07, 6.45) is 0. The first kappa shape index (κ1) is 39.9. The molecule has 13 rings (SSSR count). The van der Waals surface area contributed by atoms with Gasteiger partial charge >= 0.3 is 0 Å². The molecule has 69 heavy (non-hydrogen) atoms. The van der Waals surface area contributed by atoms with Crippen molar-refractivity contribution in [3.05, 3.63) is 231 Å². The standard InChI is InChI=1S/C62H38N6O/c1-3-17-42(18-4-1)57-63-58(43-19-5-2-6-20-43)65-59(64-57)44-32-30-41(31-33-44)50-35-36-54-56(52-26-11-12-28-53(52)69-54)55(50)46-23-13-24-47(38-46)60-66-61(48-34-29-39-15-7-8-21-45(39)37-48)68-62(67-60)51-27-14-22-40-16-9-10-25-49(40)51/h1-38H. The van der Waals surface area contributed by atoms with Crippen molar-refractivity contribution in [2.75, 3.05) is 0 Å². The van der Waals surface area contributed by atoms with Crippen molar-refractivity contribution in [3.63, 3.8) is 0 Å². The molecular weight excluding hydrogens is 845 g/mol. The molecule has 0 bridgehead atoms. The van der Waals surface area contributed by atoms with Crippen LogP contribution in [0.4, 0.5) is 0 Å². The molecule has 13 aromatic rings. The first-order chi connectivity index (χ1) is 34.2. The summed E-state index contributed by atoms with van der Waals surface area (Å²) >= 11 is 0. The summed E-state index contributed by atoms with van der Waals surface area (Å²) in [5.74, 6) is 3.63. The van der Waals surface area contributed by atoms with Gasteiger partial charge in [-0.15, -0.1) is 0 Å². The van der Waals surface area contributed by atoms with E-state index in [1.807, 2.05) is 72.8 Å². The lowest BCUT2D eigenvalue weighted by Gasteiger charge is -2.15. The van der Waals surface area contributed by atoms with E-state index < -0.39 is 0 Å². The number of hydrogen-bond acceptors (Lipinski definition) is 7. The fraction of sp³-hybridized carbons (Fsp3) is 0. The van der Waals surface area contributed by atoms with Crippen molar-refractivity contribution in [2.45, 2.75) is 0 Å². The van der Waals surface area contributed by atoms with Crippen LogP contribution in [0.1, 0.15) is 0 Å². The van der Waals surface area contributed by atoms with Crippen molar-refractivity contribution in [2.24, 2.45) is 0 Å². The zero-order valence-corrected chi connectivity index (χ0v) is 37.0. The fourth-order valence-electron chi connectivity index (χ4n) is 9.41. The molecule has 7 nitrogen and oxygen atoms in total. The molecule has 0 spiro atoms. The molecule has 0 atom stereocenters. The highest BCUT2D eigenvalue weighted by atomic mass is 16.3. The predicted octanol–water partition coefficient (Wildman–Crippen LogP) is 15.6. The number of para-hydroxylation sites is 1. The van der Waals surface area contributed by atoms with Gasteiger partial charge in [0.25, 0.3) is 0 Å². The largest absolute Gasteiger partial charge is 0.456 e. The van der Waals surface area contributed by atoms with E-state index in [2.05, 4.69) is 158 Å². The topological polar surface area (TPSA) is 90.5 Å². The molecule has 322 valence electrons. The van der Waals surface area contributed by atoms with Crippen molar-refractivity contribution >= 4 is 43.5 Å². The van der Waals surface area contributed by atoms with Crippen LogP contribution >= 0.6 is 0 Å². The Morgan fingerprint density at radius 3 is 1.43 bits per heavy atom. The number of benzene rings is 10. The quantitative estimate of drug-likeness (QED) is 0.150. The normalized spacial score (nSPS) is 11.5. The van der Waals surface area contributed by atoms with Gasteiger partial charge in [0.15, 0.2) is 34.9 Å². The van der Waals surface area contributed by atoms with Crippen molar-refractivity contribution in [1.29, 1.82) is 0 Å². The lowest BCUT2D eigenvalue weighted by molar-refractivity contribution is 0.669. The molecule has 0 aliphatic heterocycles. The highest BCUT2D eigenvalue weighted by Crippen LogP contribution is 2.44. The van der Waals surface area contributed by atoms with Gasteiger partial charge in [-0.05, 0) is 62.5 Å². The van der Waals surface area contributed by atoms with E-state index in [9.17, 15) is 0 Å². The summed E-state index contributed by atoms with van der Waals surface area (Å²) in [5, 5.41) is 6.54. The molecule has 0 N–H and O–H groups in total. The molecule has 0 aliphatic carbocycles. The third kappa shape index (κ3) is 7.35. The molecule has 0 fully saturated rings. The van der Waals surface area contributed by atoms with E-state index in [0.29, 0.717) is 34.9 Å². The van der Waals surface area contributed by atoms with Gasteiger partial charge in [0.2, 0.25) is 0 Å². The maximum absolute atomic E-state index is 6.53. The second-order valence-electron chi connectivity index (χ2n) is 17.1. The molecule has 0 aliphatic rings. The predicted molar refractivity (Wildman–Crippen MR) is 279 cm³/mol. The Kier molecular flexibility index (Phi) is 9.68.